The van der Waals surface area contributed by atoms with Gasteiger partial charge in [0.25, 0.3) is 5.24 Å². The van der Waals surface area contributed by atoms with Gasteiger partial charge >= 0.3 is 12.1 Å². The first-order valence-electron chi connectivity index (χ1n) is 4.73. The lowest BCUT2D eigenvalue weighted by Crippen LogP contribution is -2.13. The molecule has 2 rings (SSSR count). The highest BCUT2D eigenvalue weighted by Gasteiger charge is 2.38. The minimum Gasteiger partial charge on any atom is -0.351 e. The molecule has 18 heavy (non-hydrogen) atoms. The molecule has 1 aliphatic rings. The first kappa shape index (κ1) is 12.7. The Morgan fingerprint density at radius 2 is 2.22 bits per heavy atom. The molecule has 1 aliphatic heterocycles. The first-order chi connectivity index (χ1) is 8.41. The van der Waals surface area contributed by atoms with Gasteiger partial charge in [0.2, 0.25) is 5.82 Å². The summed E-state index contributed by atoms with van der Waals surface area (Å²) in [7, 11) is 0.303. The Morgan fingerprint density at radius 1 is 1.50 bits per heavy atom. The number of nitrogens with zero attached hydrogens (tertiary/aromatic N) is 2. The van der Waals surface area contributed by atoms with E-state index in [1.165, 1.54) is 18.5 Å². The van der Waals surface area contributed by atoms with Gasteiger partial charge in [-0.1, -0.05) is 5.16 Å². The molecule has 2 heterocycles. The molecule has 9 heteroatoms. The zero-order chi connectivity index (χ0) is 13.3. The molecule has 0 aliphatic carbocycles. The Hall–Kier alpha value is -1.77. The molecule has 0 spiro atoms. The lowest BCUT2D eigenvalue weighted by atomic mass is 10.3. The standard InChI is InChI=1S/C9H8F3N3O2S/c1-13-8(16)18-3-2-5(4-18)6-14-7(17-15-6)9(10,11)12/h2-4,18H,1H3,(H,13,16). The largest absolute Gasteiger partial charge is 0.471 e. The summed E-state index contributed by atoms with van der Waals surface area (Å²) in [4.78, 5) is 14.6. The highest BCUT2D eigenvalue weighted by Crippen LogP contribution is 2.40. The number of halogens is 3. The van der Waals surface area contributed by atoms with Crippen molar-refractivity contribution in [1.29, 1.82) is 0 Å². The van der Waals surface area contributed by atoms with Crippen LogP contribution in [0.1, 0.15) is 11.7 Å². The predicted molar refractivity (Wildman–Crippen MR) is 59.9 cm³/mol. The number of carbonyl (C=O) groups is 1. The van der Waals surface area contributed by atoms with Gasteiger partial charge in [-0.05, 0) is 16.9 Å². The molecule has 1 aromatic heterocycles. The Bertz CT molecular complexity index is 535. The van der Waals surface area contributed by atoms with Crippen molar-refractivity contribution in [3.8, 4) is 0 Å². The molecule has 0 aromatic carbocycles. The molecular formula is C9H8F3N3O2S. The van der Waals surface area contributed by atoms with Gasteiger partial charge in [-0.25, -0.2) is 0 Å². The van der Waals surface area contributed by atoms with E-state index in [4.69, 9.17) is 0 Å². The molecular weight excluding hydrogens is 271 g/mol. The van der Waals surface area contributed by atoms with E-state index < -0.39 is 23.0 Å². The van der Waals surface area contributed by atoms with Gasteiger partial charge < -0.3 is 9.84 Å². The van der Waals surface area contributed by atoms with Crippen LogP contribution in [0.4, 0.5) is 18.0 Å². The SMILES string of the molecule is CNC(=O)[SH]1C=CC(c2noc(C(F)(F)F)n2)=C1. The third-order valence-corrected chi connectivity index (χ3v) is 3.79. The van der Waals surface area contributed by atoms with E-state index >= 15 is 0 Å². The monoisotopic (exact) mass is 279 g/mol. The fourth-order valence-corrected chi connectivity index (χ4v) is 2.66. The van der Waals surface area contributed by atoms with Crippen LogP contribution < -0.4 is 5.32 Å². The van der Waals surface area contributed by atoms with Crippen LogP contribution in [-0.4, -0.2) is 22.4 Å². The zero-order valence-electron chi connectivity index (χ0n) is 9.02. The molecule has 0 radical (unpaired) electrons. The summed E-state index contributed by atoms with van der Waals surface area (Å²) in [5.74, 6) is -1.57. The summed E-state index contributed by atoms with van der Waals surface area (Å²) in [5.41, 5.74) is 0.351. The average molecular weight is 279 g/mol. The molecule has 1 amide bonds. The molecule has 5 nitrogen and oxygen atoms in total. The number of rotatable bonds is 1. The number of alkyl halides is 3. The maximum absolute atomic E-state index is 12.3. The molecule has 0 saturated heterocycles. The van der Waals surface area contributed by atoms with Crippen molar-refractivity contribution >= 4 is 21.7 Å². The molecule has 1 unspecified atom stereocenters. The summed E-state index contributed by atoms with van der Waals surface area (Å²) in [6, 6.07) is 0. The maximum Gasteiger partial charge on any atom is 0.471 e. The lowest BCUT2D eigenvalue weighted by molar-refractivity contribution is -0.159. The minimum absolute atomic E-state index is 0.174. The van der Waals surface area contributed by atoms with Crippen LogP contribution in [0.15, 0.2) is 21.4 Å². The van der Waals surface area contributed by atoms with Gasteiger partial charge in [-0.15, -0.1) is 10.9 Å². The molecule has 0 fully saturated rings. The van der Waals surface area contributed by atoms with Gasteiger partial charge in [-0.3, -0.25) is 4.79 Å². The number of aromatic nitrogens is 2. The second kappa shape index (κ2) is 4.48. The summed E-state index contributed by atoms with van der Waals surface area (Å²) < 4.78 is 40.9. The number of amides is 1. The highest BCUT2D eigenvalue weighted by molar-refractivity contribution is 8.34. The van der Waals surface area contributed by atoms with Gasteiger partial charge in [0.05, 0.1) is 0 Å². The molecule has 98 valence electrons. The van der Waals surface area contributed by atoms with Gasteiger partial charge in [0, 0.05) is 12.6 Å². The van der Waals surface area contributed by atoms with Crippen LogP contribution in [-0.2, 0) is 6.18 Å². The maximum atomic E-state index is 12.3. The van der Waals surface area contributed by atoms with E-state index in [0.717, 1.165) is 0 Å². The van der Waals surface area contributed by atoms with Crippen LogP contribution in [0.3, 0.4) is 0 Å². The van der Waals surface area contributed by atoms with Crippen molar-refractivity contribution in [1.82, 2.24) is 15.5 Å². The summed E-state index contributed by atoms with van der Waals surface area (Å²) in [6.45, 7) is 0. The molecule has 0 saturated carbocycles. The van der Waals surface area contributed by atoms with Crippen molar-refractivity contribution in [3.63, 3.8) is 0 Å². The Kier molecular flexibility index (Phi) is 3.16. The third-order valence-electron chi connectivity index (χ3n) is 2.07. The lowest BCUT2D eigenvalue weighted by Gasteiger charge is -2.05. The molecule has 1 N–H and O–H groups in total. The fourth-order valence-electron chi connectivity index (χ4n) is 1.24. The smallest absolute Gasteiger partial charge is 0.351 e. The van der Waals surface area contributed by atoms with E-state index in [0.29, 0.717) is 5.57 Å². The van der Waals surface area contributed by atoms with E-state index in [9.17, 15) is 18.0 Å². The van der Waals surface area contributed by atoms with Crippen molar-refractivity contribution in [2.24, 2.45) is 0 Å². The van der Waals surface area contributed by atoms with Crippen molar-refractivity contribution in [3.05, 3.63) is 28.6 Å². The average Bonchev–Trinajstić information content (AvgIpc) is 2.94. The number of nitrogens with one attached hydrogen (secondary N) is 1. The van der Waals surface area contributed by atoms with Crippen LogP contribution in [0, 0.1) is 0 Å². The number of thiol groups is 1. The van der Waals surface area contributed by atoms with E-state index in [-0.39, 0.29) is 11.1 Å². The van der Waals surface area contributed by atoms with Crippen LogP contribution in [0.2, 0.25) is 0 Å². The van der Waals surface area contributed by atoms with Crippen molar-refractivity contribution in [2.75, 3.05) is 7.05 Å². The predicted octanol–water partition coefficient (Wildman–Crippen LogP) is 2.30. The number of hydrogen-bond donors (Lipinski definition) is 2. The number of allylic oxidation sites excluding steroid dienone is 2. The normalized spacial score (nSPS) is 20.9. The van der Waals surface area contributed by atoms with E-state index in [1.54, 1.807) is 5.41 Å². The summed E-state index contributed by atoms with van der Waals surface area (Å²) in [5, 5.41) is 8.63. The molecule has 1 aromatic rings. The van der Waals surface area contributed by atoms with E-state index in [1.807, 2.05) is 0 Å². The summed E-state index contributed by atoms with van der Waals surface area (Å²) in [6.07, 6.45) is -3.16. The highest BCUT2D eigenvalue weighted by atomic mass is 32.2. The van der Waals surface area contributed by atoms with Gasteiger partial charge in [0.1, 0.15) is 0 Å². The molecule has 1 atom stereocenters. The van der Waals surface area contributed by atoms with Crippen LogP contribution >= 0.6 is 10.9 Å². The number of carbonyl (C=O) groups excluding carboxylic acids is 1. The number of hydrogen-bond acceptors (Lipinski definition) is 4. The third kappa shape index (κ3) is 2.40. The summed E-state index contributed by atoms with van der Waals surface area (Å²) >= 11 is 0. The van der Waals surface area contributed by atoms with Gasteiger partial charge in [0.15, 0.2) is 0 Å². The Morgan fingerprint density at radius 3 is 2.78 bits per heavy atom. The topological polar surface area (TPSA) is 68.0 Å². The van der Waals surface area contributed by atoms with Gasteiger partial charge in [-0.2, -0.15) is 18.2 Å². The second-order valence-electron chi connectivity index (χ2n) is 3.28. The Balaban J connectivity index is 2.22. The Labute approximate surface area is 102 Å². The zero-order valence-corrected chi connectivity index (χ0v) is 9.92. The van der Waals surface area contributed by atoms with Crippen molar-refractivity contribution in [2.45, 2.75) is 6.18 Å². The minimum atomic E-state index is -4.67. The first-order valence-corrected chi connectivity index (χ1v) is 6.21. The van der Waals surface area contributed by atoms with Crippen LogP contribution in [0.5, 0.6) is 0 Å². The quantitative estimate of drug-likeness (QED) is 0.774. The van der Waals surface area contributed by atoms with Crippen LogP contribution in [0.25, 0.3) is 5.57 Å². The molecule has 0 bridgehead atoms. The fraction of sp³-hybridized carbons (Fsp3) is 0.222. The van der Waals surface area contributed by atoms with E-state index in [2.05, 4.69) is 20.0 Å². The van der Waals surface area contributed by atoms with Crippen molar-refractivity contribution < 1.29 is 22.5 Å². The second-order valence-corrected chi connectivity index (χ2v) is 5.06.